The molecule has 0 aliphatic heterocycles. The van der Waals surface area contributed by atoms with Crippen LogP contribution < -0.4 is 11.5 Å². The molecule has 5 heteroatoms. The smallest absolute Gasteiger partial charge is 0.0831 e. The molecule has 0 aromatic heterocycles. The largest absolute Gasteiger partial charge is 0.380 e. The van der Waals surface area contributed by atoms with Crippen LogP contribution in [-0.4, -0.2) is 49.3 Å². The van der Waals surface area contributed by atoms with Crippen LogP contribution in [0.2, 0.25) is 0 Å². The lowest BCUT2D eigenvalue weighted by Gasteiger charge is -2.02. The molecule has 0 unspecified atom stereocenters. The molecule has 0 bridgehead atoms. The summed E-state index contributed by atoms with van der Waals surface area (Å²) in [5, 5.41) is 0. The summed E-state index contributed by atoms with van der Waals surface area (Å²) in [4.78, 5) is 0. The Morgan fingerprint density at radius 3 is 1.62 bits per heavy atom. The second-order valence-corrected chi connectivity index (χ2v) is 4.99. The Bertz CT molecular complexity index is 86.2. The van der Waals surface area contributed by atoms with Crippen molar-refractivity contribution in [3.8, 4) is 0 Å². The zero-order valence-electron chi connectivity index (χ0n) is 8.30. The van der Waals surface area contributed by atoms with Crippen LogP contribution in [-0.2, 0) is 4.74 Å². The number of thioether (sulfide) groups is 2. The molecule has 0 radical (unpaired) electrons. The summed E-state index contributed by atoms with van der Waals surface area (Å²) < 4.78 is 5.44. The maximum Gasteiger partial charge on any atom is 0.0831 e. The molecule has 6 N–H and O–H groups in total. The van der Waals surface area contributed by atoms with Crippen molar-refractivity contribution < 1.29 is 16.2 Å². The lowest BCUT2D eigenvalue weighted by Crippen LogP contribution is -2.51. The molecule has 0 heterocycles. The van der Waals surface area contributed by atoms with Crippen molar-refractivity contribution >= 4 is 23.5 Å². The molecule has 0 saturated heterocycles. The van der Waals surface area contributed by atoms with Gasteiger partial charge in [-0.15, -0.1) is 0 Å². The third-order valence-electron chi connectivity index (χ3n) is 1.32. The summed E-state index contributed by atoms with van der Waals surface area (Å²) in [5.41, 5.74) is 7.56. The fourth-order valence-corrected chi connectivity index (χ4v) is 2.03. The van der Waals surface area contributed by atoms with Crippen molar-refractivity contribution in [2.24, 2.45) is 0 Å². The van der Waals surface area contributed by atoms with Gasteiger partial charge in [-0.1, -0.05) is 0 Å². The van der Waals surface area contributed by atoms with E-state index >= 15 is 0 Å². The Balaban J connectivity index is 2.76. The van der Waals surface area contributed by atoms with Gasteiger partial charge in [-0.05, 0) is 0 Å². The highest BCUT2D eigenvalue weighted by molar-refractivity contribution is 7.99. The van der Waals surface area contributed by atoms with Gasteiger partial charge in [0.05, 0.1) is 26.3 Å². The number of hydrogen-bond donors (Lipinski definition) is 2. The summed E-state index contributed by atoms with van der Waals surface area (Å²) >= 11 is 3.83. The first-order valence-corrected chi connectivity index (χ1v) is 7.04. The monoisotopic (exact) mass is 226 g/mol. The molecular weight excluding hydrogens is 204 g/mol. The molecule has 0 aliphatic rings. The highest BCUT2D eigenvalue weighted by Crippen LogP contribution is 1.99. The van der Waals surface area contributed by atoms with Crippen LogP contribution in [0.15, 0.2) is 0 Å². The van der Waals surface area contributed by atoms with Gasteiger partial charge in [0.25, 0.3) is 0 Å². The first-order valence-electron chi connectivity index (χ1n) is 4.73. The van der Waals surface area contributed by atoms with Crippen molar-refractivity contribution in [1.29, 1.82) is 0 Å². The van der Waals surface area contributed by atoms with Crippen LogP contribution in [0.4, 0.5) is 0 Å². The van der Waals surface area contributed by atoms with E-state index in [9.17, 15) is 0 Å². The predicted octanol–water partition coefficient (Wildman–Crippen LogP) is -1.05. The van der Waals surface area contributed by atoms with Crippen LogP contribution >= 0.6 is 23.5 Å². The molecule has 0 spiro atoms. The average Bonchev–Trinajstić information content (AvgIpc) is 2.16. The van der Waals surface area contributed by atoms with Crippen molar-refractivity contribution in [1.82, 2.24) is 0 Å². The number of hydrogen-bond acceptors (Lipinski definition) is 3. The lowest BCUT2D eigenvalue weighted by molar-refractivity contribution is -0.360. The van der Waals surface area contributed by atoms with E-state index in [1.807, 2.05) is 23.5 Å². The standard InChI is InChI=1S/C8H20N2OS2/c9-1-5-12-7-3-11-4-8-13-6-2-10/h1-10H2/p+2. The van der Waals surface area contributed by atoms with E-state index < -0.39 is 0 Å². The number of rotatable bonds is 10. The fraction of sp³-hybridized carbons (Fsp3) is 1.00. The third-order valence-corrected chi connectivity index (χ3v) is 3.39. The highest BCUT2D eigenvalue weighted by atomic mass is 32.2. The van der Waals surface area contributed by atoms with Gasteiger partial charge in [0, 0.05) is 23.0 Å². The lowest BCUT2D eigenvalue weighted by atomic mass is 10.8. The zero-order chi connectivity index (χ0) is 9.78. The first-order chi connectivity index (χ1) is 6.41. The van der Waals surface area contributed by atoms with Crippen LogP contribution in [0, 0.1) is 0 Å². The van der Waals surface area contributed by atoms with Gasteiger partial charge in [-0.25, -0.2) is 0 Å². The maximum atomic E-state index is 5.44. The molecule has 3 nitrogen and oxygen atoms in total. The molecule has 0 rings (SSSR count). The third kappa shape index (κ3) is 12.6. The summed E-state index contributed by atoms with van der Waals surface area (Å²) in [6.45, 7) is 3.80. The Morgan fingerprint density at radius 2 is 1.23 bits per heavy atom. The van der Waals surface area contributed by atoms with Crippen LogP contribution in [0.5, 0.6) is 0 Å². The van der Waals surface area contributed by atoms with Crippen LogP contribution in [0.25, 0.3) is 0 Å². The molecule has 0 amide bonds. The van der Waals surface area contributed by atoms with E-state index in [0.29, 0.717) is 0 Å². The molecule has 0 atom stereocenters. The van der Waals surface area contributed by atoms with Crippen LogP contribution in [0.3, 0.4) is 0 Å². The molecule has 0 aliphatic carbocycles. The van der Waals surface area contributed by atoms with E-state index in [2.05, 4.69) is 11.5 Å². The van der Waals surface area contributed by atoms with Gasteiger partial charge < -0.3 is 16.2 Å². The minimum Gasteiger partial charge on any atom is -0.380 e. The van der Waals surface area contributed by atoms with Gasteiger partial charge in [-0.3, -0.25) is 0 Å². The van der Waals surface area contributed by atoms with Gasteiger partial charge in [0.2, 0.25) is 0 Å². The van der Waals surface area contributed by atoms with Crippen LogP contribution in [0.1, 0.15) is 0 Å². The minimum atomic E-state index is 0.885. The van der Waals surface area contributed by atoms with Gasteiger partial charge in [0.1, 0.15) is 0 Å². The van der Waals surface area contributed by atoms with Crippen molar-refractivity contribution in [2.45, 2.75) is 0 Å². The Morgan fingerprint density at radius 1 is 0.769 bits per heavy atom. The second-order valence-electron chi connectivity index (χ2n) is 2.54. The van der Waals surface area contributed by atoms with Crippen molar-refractivity contribution in [3.63, 3.8) is 0 Å². The number of quaternary nitrogens is 2. The highest BCUT2D eigenvalue weighted by Gasteiger charge is 1.91. The number of ether oxygens (including phenoxy) is 1. The quantitative estimate of drug-likeness (QED) is 0.467. The van der Waals surface area contributed by atoms with Gasteiger partial charge >= 0.3 is 0 Å². The molecule has 80 valence electrons. The SMILES string of the molecule is [NH3+]CCSCCOCCSCC[NH3+]. The minimum absolute atomic E-state index is 0.885. The van der Waals surface area contributed by atoms with E-state index in [4.69, 9.17) is 4.74 Å². The summed E-state index contributed by atoms with van der Waals surface area (Å²) in [6, 6.07) is 0. The van der Waals surface area contributed by atoms with Gasteiger partial charge in [-0.2, -0.15) is 23.5 Å². The average molecular weight is 226 g/mol. The summed E-state index contributed by atoms with van der Waals surface area (Å²) in [6.07, 6.45) is 0. The normalized spacial score (nSPS) is 10.6. The maximum absolute atomic E-state index is 5.44. The second kappa shape index (κ2) is 12.6. The van der Waals surface area contributed by atoms with E-state index in [0.717, 1.165) is 49.3 Å². The van der Waals surface area contributed by atoms with E-state index in [-0.39, 0.29) is 0 Å². The molecule has 0 saturated carbocycles. The van der Waals surface area contributed by atoms with Gasteiger partial charge in [0.15, 0.2) is 0 Å². The molecule has 0 aromatic carbocycles. The zero-order valence-corrected chi connectivity index (χ0v) is 9.93. The topological polar surface area (TPSA) is 64.5 Å². The molecule has 13 heavy (non-hydrogen) atoms. The van der Waals surface area contributed by atoms with Crippen molar-refractivity contribution in [3.05, 3.63) is 0 Å². The van der Waals surface area contributed by atoms with Crippen molar-refractivity contribution in [2.75, 3.05) is 49.3 Å². The first kappa shape index (κ1) is 13.6. The molecule has 0 fully saturated rings. The molecule has 0 aromatic rings. The summed E-state index contributed by atoms with van der Waals surface area (Å²) in [7, 11) is 0. The Kier molecular flexibility index (Phi) is 13.1. The fourth-order valence-electron chi connectivity index (χ4n) is 0.746. The Hall–Kier alpha value is 0.580. The summed E-state index contributed by atoms with van der Waals surface area (Å²) in [5.74, 6) is 4.52. The van der Waals surface area contributed by atoms with E-state index in [1.54, 1.807) is 0 Å². The predicted molar refractivity (Wildman–Crippen MR) is 61.0 cm³/mol. The molecular formula is C8H22N2OS2+2. The Labute approximate surface area is 89.3 Å². The van der Waals surface area contributed by atoms with E-state index in [1.165, 1.54) is 0 Å².